The van der Waals surface area contributed by atoms with Gasteiger partial charge in [0.1, 0.15) is 6.61 Å². The van der Waals surface area contributed by atoms with E-state index in [1.807, 2.05) is 24.3 Å². The summed E-state index contributed by atoms with van der Waals surface area (Å²) < 4.78 is 11.1. The monoisotopic (exact) mass is 292 g/mol. The highest BCUT2D eigenvalue weighted by molar-refractivity contribution is 6.32. The topological polar surface area (TPSA) is 57.4 Å². The molecule has 106 valence electrons. The molecule has 0 aliphatic carbocycles. The molecule has 0 unspecified atom stereocenters. The van der Waals surface area contributed by atoms with Gasteiger partial charge in [-0.05, 0) is 48.4 Å². The van der Waals surface area contributed by atoms with Gasteiger partial charge < -0.3 is 15.2 Å². The molecule has 0 bridgehead atoms. The second-order valence-corrected chi connectivity index (χ2v) is 4.70. The minimum Gasteiger partial charge on any atom is -0.493 e. The molecule has 0 atom stereocenters. The predicted octanol–water partition coefficient (Wildman–Crippen LogP) is 2.82. The van der Waals surface area contributed by atoms with Crippen LogP contribution in [0.25, 0.3) is 0 Å². The van der Waals surface area contributed by atoms with Gasteiger partial charge in [0.05, 0.1) is 12.1 Å². The van der Waals surface area contributed by atoms with Crippen LogP contribution >= 0.6 is 11.6 Å². The lowest BCUT2D eigenvalue weighted by molar-refractivity contribution is 0.284. The van der Waals surface area contributed by atoms with Gasteiger partial charge in [-0.2, -0.15) is 0 Å². The lowest BCUT2D eigenvalue weighted by atomic mass is 10.1. The molecule has 5 heteroatoms. The number of halogens is 1. The number of hydrogen-bond donors (Lipinski definition) is 1. The third kappa shape index (κ3) is 3.62. The number of aromatic nitrogens is 1. The zero-order valence-electron chi connectivity index (χ0n) is 11.3. The number of nitrogens with two attached hydrogens (primary N) is 1. The van der Waals surface area contributed by atoms with E-state index in [2.05, 4.69) is 4.98 Å². The van der Waals surface area contributed by atoms with E-state index in [4.69, 9.17) is 26.8 Å². The van der Waals surface area contributed by atoms with Crippen LogP contribution < -0.4 is 15.2 Å². The molecule has 1 aromatic carbocycles. The van der Waals surface area contributed by atoms with Crippen LogP contribution in [-0.4, -0.2) is 18.6 Å². The van der Waals surface area contributed by atoms with Crippen LogP contribution in [0.1, 0.15) is 11.1 Å². The Balaban J connectivity index is 2.18. The minimum atomic E-state index is 0.412. The van der Waals surface area contributed by atoms with E-state index in [1.165, 1.54) is 0 Å². The maximum Gasteiger partial charge on any atom is 0.180 e. The van der Waals surface area contributed by atoms with E-state index >= 15 is 0 Å². The summed E-state index contributed by atoms with van der Waals surface area (Å²) >= 11 is 6.26. The largest absolute Gasteiger partial charge is 0.493 e. The van der Waals surface area contributed by atoms with Gasteiger partial charge in [-0.25, -0.2) is 0 Å². The Morgan fingerprint density at radius 2 is 1.95 bits per heavy atom. The third-order valence-electron chi connectivity index (χ3n) is 2.85. The molecule has 0 fully saturated rings. The zero-order chi connectivity index (χ0) is 14.4. The van der Waals surface area contributed by atoms with Gasteiger partial charge >= 0.3 is 0 Å². The van der Waals surface area contributed by atoms with Gasteiger partial charge in [-0.1, -0.05) is 11.6 Å². The summed E-state index contributed by atoms with van der Waals surface area (Å²) in [4.78, 5) is 3.97. The first-order valence-electron chi connectivity index (χ1n) is 6.32. The van der Waals surface area contributed by atoms with Gasteiger partial charge in [0.15, 0.2) is 11.5 Å². The van der Waals surface area contributed by atoms with Crippen LogP contribution in [0.4, 0.5) is 0 Å². The van der Waals surface area contributed by atoms with Crippen LogP contribution in [0.15, 0.2) is 36.7 Å². The molecule has 0 radical (unpaired) electrons. The number of hydrogen-bond acceptors (Lipinski definition) is 4. The van der Waals surface area contributed by atoms with Crippen molar-refractivity contribution in [2.75, 3.05) is 13.7 Å². The fourth-order valence-corrected chi connectivity index (χ4v) is 2.15. The summed E-state index contributed by atoms with van der Waals surface area (Å²) in [6.07, 6.45) is 4.20. The Hall–Kier alpha value is -1.78. The fourth-order valence-electron chi connectivity index (χ4n) is 1.86. The van der Waals surface area contributed by atoms with Crippen molar-refractivity contribution in [1.82, 2.24) is 4.98 Å². The summed E-state index contributed by atoms with van der Waals surface area (Å²) in [7, 11) is 1.59. The molecule has 2 rings (SSSR count). The lowest BCUT2D eigenvalue weighted by Gasteiger charge is -2.14. The minimum absolute atomic E-state index is 0.412. The third-order valence-corrected chi connectivity index (χ3v) is 3.14. The van der Waals surface area contributed by atoms with Crippen LogP contribution in [0.5, 0.6) is 11.5 Å². The van der Waals surface area contributed by atoms with E-state index in [0.717, 1.165) is 17.5 Å². The summed E-state index contributed by atoms with van der Waals surface area (Å²) in [5.41, 5.74) is 7.60. The smallest absolute Gasteiger partial charge is 0.180 e. The number of methoxy groups -OCH3 is 1. The molecule has 4 nitrogen and oxygen atoms in total. The van der Waals surface area contributed by atoms with Crippen molar-refractivity contribution < 1.29 is 9.47 Å². The molecule has 0 saturated heterocycles. The standard InChI is InChI=1S/C15H17ClN2O2/c1-19-14-9-12(2-5-17)8-13(16)15(14)20-10-11-3-6-18-7-4-11/h3-4,6-9H,2,5,10,17H2,1H3. The van der Waals surface area contributed by atoms with Crippen molar-refractivity contribution in [2.24, 2.45) is 5.73 Å². The van der Waals surface area contributed by atoms with Crippen molar-refractivity contribution >= 4 is 11.6 Å². The number of pyridine rings is 1. The average molecular weight is 293 g/mol. The second kappa shape index (κ2) is 7.12. The van der Waals surface area contributed by atoms with Gasteiger partial charge in [0.25, 0.3) is 0 Å². The molecule has 0 aliphatic heterocycles. The summed E-state index contributed by atoms with van der Waals surface area (Å²) in [5, 5.41) is 0.529. The van der Waals surface area contributed by atoms with Crippen molar-refractivity contribution in [3.05, 3.63) is 52.8 Å². The molecule has 1 heterocycles. The highest BCUT2D eigenvalue weighted by Gasteiger charge is 2.12. The van der Waals surface area contributed by atoms with Crippen molar-refractivity contribution in [3.8, 4) is 11.5 Å². The summed E-state index contributed by atoms with van der Waals surface area (Å²) in [5.74, 6) is 1.17. The molecule has 20 heavy (non-hydrogen) atoms. The Bertz CT molecular complexity index is 561. The predicted molar refractivity (Wildman–Crippen MR) is 79.3 cm³/mol. The van der Waals surface area contributed by atoms with Gasteiger partial charge in [-0.15, -0.1) is 0 Å². The van der Waals surface area contributed by atoms with Crippen molar-refractivity contribution in [2.45, 2.75) is 13.0 Å². The molecule has 0 saturated carbocycles. The highest BCUT2D eigenvalue weighted by atomic mass is 35.5. The quantitative estimate of drug-likeness (QED) is 0.889. The maximum absolute atomic E-state index is 6.26. The number of benzene rings is 1. The highest BCUT2D eigenvalue weighted by Crippen LogP contribution is 2.37. The average Bonchev–Trinajstić information content (AvgIpc) is 2.47. The lowest BCUT2D eigenvalue weighted by Crippen LogP contribution is -2.04. The van der Waals surface area contributed by atoms with E-state index < -0.39 is 0 Å². The zero-order valence-corrected chi connectivity index (χ0v) is 12.1. The molecule has 0 spiro atoms. The van der Waals surface area contributed by atoms with Crippen LogP contribution in [0.2, 0.25) is 5.02 Å². The van der Waals surface area contributed by atoms with Crippen LogP contribution in [-0.2, 0) is 13.0 Å². The Morgan fingerprint density at radius 1 is 1.20 bits per heavy atom. The van der Waals surface area contributed by atoms with Gasteiger partial charge in [0.2, 0.25) is 0 Å². The van der Waals surface area contributed by atoms with E-state index in [0.29, 0.717) is 29.7 Å². The Kier molecular flexibility index (Phi) is 5.21. The second-order valence-electron chi connectivity index (χ2n) is 4.29. The first-order chi connectivity index (χ1) is 9.74. The Labute approximate surface area is 123 Å². The molecular weight excluding hydrogens is 276 g/mol. The van der Waals surface area contributed by atoms with E-state index in [-0.39, 0.29) is 0 Å². The first kappa shape index (κ1) is 14.6. The SMILES string of the molecule is COc1cc(CCN)cc(Cl)c1OCc1ccncc1. The Morgan fingerprint density at radius 3 is 2.60 bits per heavy atom. The molecule has 1 aromatic heterocycles. The van der Waals surface area contributed by atoms with Crippen molar-refractivity contribution in [1.29, 1.82) is 0 Å². The molecule has 0 aliphatic rings. The van der Waals surface area contributed by atoms with Gasteiger partial charge in [0, 0.05) is 12.4 Å². The maximum atomic E-state index is 6.26. The van der Waals surface area contributed by atoms with Crippen molar-refractivity contribution in [3.63, 3.8) is 0 Å². The fraction of sp³-hybridized carbons (Fsp3) is 0.267. The molecule has 0 amide bonds. The normalized spacial score (nSPS) is 10.3. The summed E-state index contributed by atoms with van der Waals surface area (Å²) in [6, 6.07) is 7.55. The summed E-state index contributed by atoms with van der Waals surface area (Å²) in [6.45, 7) is 0.978. The van der Waals surface area contributed by atoms with E-state index in [9.17, 15) is 0 Å². The van der Waals surface area contributed by atoms with Crippen LogP contribution in [0, 0.1) is 0 Å². The molecule has 2 aromatic rings. The number of nitrogens with zero attached hydrogens (tertiary/aromatic N) is 1. The molecule has 2 N–H and O–H groups in total. The first-order valence-corrected chi connectivity index (χ1v) is 6.70. The number of ether oxygens (including phenoxy) is 2. The number of rotatable bonds is 6. The molecular formula is C15H17ClN2O2. The van der Waals surface area contributed by atoms with Crippen LogP contribution in [0.3, 0.4) is 0 Å². The van der Waals surface area contributed by atoms with Gasteiger partial charge in [-0.3, -0.25) is 4.98 Å². The van der Waals surface area contributed by atoms with E-state index in [1.54, 1.807) is 19.5 Å².